The lowest BCUT2D eigenvalue weighted by molar-refractivity contribution is 0.0376. The van der Waals surface area contributed by atoms with Crippen LogP contribution < -0.4 is 10.6 Å². The molecule has 1 unspecified atom stereocenters. The average molecular weight is 430 g/mol. The van der Waals surface area contributed by atoms with Gasteiger partial charge in [0.15, 0.2) is 11.8 Å². The van der Waals surface area contributed by atoms with Gasteiger partial charge in [-0.15, -0.1) is 10.2 Å². The summed E-state index contributed by atoms with van der Waals surface area (Å²) in [5.41, 5.74) is -0.156. The van der Waals surface area contributed by atoms with Crippen LogP contribution in [0.2, 0.25) is 0 Å². The third-order valence-electron chi connectivity index (χ3n) is 5.60. The van der Waals surface area contributed by atoms with E-state index in [0.29, 0.717) is 19.0 Å². The lowest BCUT2D eigenvalue weighted by Crippen LogP contribution is -2.45. The minimum Gasteiger partial charge on any atom is -0.384 e. The van der Waals surface area contributed by atoms with Gasteiger partial charge in [0, 0.05) is 26.7 Å². The first-order chi connectivity index (χ1) is 15.0. The Labute approximate surface area is 184 Å². The topological polar surface area (TPSA) is 99.8 Å². The molecule has 170 valence electrons. The molecule has 2 aromatic rings. The van der Waals surface area contributed by atoms with Gasteiger partial charge in [-0.05, 0) is 32.4 Å². The van der Waals surface area contributed by atoms with Crippen LogP contribution >= 0.6 is 0 Å². The van der Waals surface area contributed by atoms with Gasteiger partial charge in [-0.1, -0.05) is 30.3 Å². The van der Waals surface area contributed by atoms with E-state index in [1.165, 1.54) is 0 Å². The minimum absolute atomic E-state index is 0.337. The smallest absolute Gasteiger partial charge is 0.191 e. The third kappa shape index (κ3) is 7.02. The van der Waals surface area contributed by atoms with E-state index in [4.69, 9.17) is 4.74 Å². The Kier molecular flexibility index (Phi) is 8.39. The molecule has 31 heavy (non-hydrogen) atoms. The molecule has 0 saturated carbocycles. The maximum absolute atomic E-state index is 10.9. The van der Waals surface area contributed by atoms with Gasteiger partial charge in [0.05, 0.1) is 19.8 Å². The van der Waals surface area contributed by atoms with Crippen molar-refractivity contribution in [3.63, 3.8) is 0 Å². The van der Waals surface area contributed by atoms with Crippen molar-refractivity contribution in [1.82, 2.24) is 30.3 Å². The number of nitrogens with one attached hydrogen (secondary N) is 2. The van der Waals surface area contributed by atoms with Gasteiger partial charge < -0.3 is 25.0 Å². The summed E-state index contributed by atoms with van der Waals surface area (Å²) in [5, 5.41) is 25.9. The molecule has 2 heterocycles. The predicted octanol–water partition coefficient (Wildman–Crippen LogP) is 0.789. The summed E-state index contributed by atoms with van der Waals surface area (Å²) >= 11 is 0. The molecule has 0 radical (unpaired) electrons. The molecule has 0 bridgehead atoms. The summed E-state index contributed by atoms with van der Waals surface area (Å²) < 4.78 is 7.34. The zero-order chi connectivity index (χ0) is 22.1. The second-order valence-electron chi connectivity index (χ2n) is 8.12. The van der Waals surface area contributed by atoms with Crippen LogP contribution in [-0.4, -0.2) is 76.7 Å². The van der Waals surface area contributed by atoms with Gasteiger partial charge in [-0.3, -0.25) is 4.90 Å². The van der Waals surface area contributed by atoms with Crippen LogP contribution in [0.5, 0.6) is 0 Å². The quantitative estimate of drug-likeness (QED) is 0.308. The zero-order valence-electron chi connectivity index (χ0n) is 18.8. The molecular formula is C22H35N7O2. The fraction of sp³-hybridized carbons (Fsp3) is 0.591. The molecule has 1 fully saturated rings. The highest BCUT2D eigenvalue weighted by Crippen LogP contribution is 2.18. The van der Waals surface area contributed by atoms with Crippen LogP contribution in [0.25, 0.3) is 0 Å². The summed E-state index contributed by atoms with van der Waals surface area (Å²) in [6.45, 7) is 9.88. The standard InChI is InChI=1S/C22H35N7O2/c1-18-26-27-20(28(18)3)16-24-21(23-10-7-11-29-12-14-31-15-13-29)25-17-22(2,30)19-8-5-4-6-9-19/h4-6,8-9,30H,7,10-17H2,1-3H3,(H2,23,24,25). The van der Waals surface area contributed by atoms with E-state index in [1.807, 2.05) is 48.9 Å². The van der Waals surface area contributed by atoms with Gasteiger partial charge in [0.25, 0.3) is 0 Å². The van der Waals surface area contributed by atoms with Crippen LogP contribution in [0.15, 0.2) is 35.3 Å². The normalized spacial score (nSPS) is 17.4. The van der Waals surface area contributed by atoms with E-state index in [-0.39, 0.29) is 0 Å². The molecule has 0 aliphatic carbocycles. The van der Waals surface area contributed by atoms with Crippen molar-refractivity contribution < 1.29 is 9.84 Å². The fourth-order valence-corrected chi connectivity index (χ4v) is 3.40. The second-order valence-corrected chi connectivity index (χ2v) is 8.12. The first kappa shape index (κ1) is 23.2. The Morgan fingerprint density at radius 2 is 1.94 bits per heavy atom. The number of aryl methyl sites for hydroxylation is 1. The Bertz CT molecular complexity index is 830. The first-order valence-electron chi connectivity index (χ1n) is 10.9. The largest absolute Gasteiger partial charge is 0.384 e. The number of aromatic nitrogens is 3. The Morgan fingerprint density at radius 3 is 2.61 bits per heavy atom. The maximum Gasteiger partial charge on any atom is 0.191 e. The average Bonchev–Trinajstić information content (AvgIpc) is 3.11. The molecule has 1 aliphatic heterocycles. The Balaban J connectivity index is 1.57. The Hall–Kier alpha value is -2.49. The SMILES string of the molecule is Cc1nnc(CN=C(NCCCN2CCOCC2)NCC(C)(O)c2ccccc2)n1C. The molecule has 9 heteroatoms. The highest BCUT2D eigenvalue weighted by Gasteiger charge is 2.23. The van der Waals surface area contributed by atoms with Gasteiger partial charge >= 0.3 is 0 Å². The van der Waals surface area contributed by atoms with Crippen LogP contribution in [0.1, 0.15) is 30.6 Å². The first-order valence-corrected chi connectivity index (χ1v) is 10.9. The summed E-state index contributed by atoms with van der Waals surface area (Å²) in [7, 11) is 1.93. The molecule has 0 spiro atoms. The number of benzene rings is 1. The number of nitrogens with zero attached hydrogens (tertiary/aromatic N) is 5. The summed E-state index contributed by atoms with van der Waals surface area (Å²) in [6.07, 6.45) is 0.999. The van der Waals surface area contributed by atoms with E-state index >= 15 is 0 Å². The summed E-state index contributed by atoms with van der Waals surface area (Å²) in [6, 6.07) is 9.66. The van der Waals surface area contributed by atoms with Gasteiger partial charge in [-0.25, -0.2) is 4.99 Å². The number of morpholine rings is 1. The van der Waals surface area contributed by atoms with E-state index in [0.717, 1.165) is 63.0 Å². The number of rotatable bonds is 9. The van der Waals surface area contributed by atoms with Gasteiger partial charge in [-0.2, -0.15) is 0 Å². The molecule has 1 atom stereocenters. The van der Waals surface area contributed by atoms with E-state index in [9.17, 15) is 5.11 Å². The van der Waals surface area contributed by atoms with Gasteiger partial charge in [0.2, 0.25) is 0 Å². The van der Waals surface area contributed by atoms with Crippen molar-refractivity contribution in [3.8, 4) is 0 Å². The summed E-state index contributed by atoms with van der Waals surface area (Å²) in [4.78, 5) is 7.09. The molecule has 1 aromatic carbocycles. The monoisotopic (exact) mass is 429 g/mol. The van der Waals surface area contributed by atoms with Crippen molar-refractivity contribution in [2.45, 2.75) is 32.4 Å². The molecular weight excluding hydrogens is 394 g/mol. The van der Waals surface area contributed by atoms with Crippen LogP contribution in [0.4, 0.5) is 0 Å². The number of hydrogen-bond donors (Lipinski definition) is 3. The fourth-order valence-electron chi connectivity index (χ4n) is 3.40. The van der Waals surface area contributed by atoms with Crippen molar-refractivity contribution in [3.05, 3.63) is 47.5 Å². The number of guanidine groups is 1. The number of ether oxygens (including phenoxy) is 1. The second kappa shape index (κ2) is 11.2. The van der Waals surface area contributed by atoms with E-state index in [2.05, 4.69) is 30.7 Å². The van der Waals surface area contributed by atoms with Crippen LogP contribution in [0.3, 0.4) is 0 Å². The lowest BCUT2D eigenvalue weighted by Gasteiger charge is -2.27. The molecule has 1 saturated heterocycles. The van der Waals surface area contributed by atoms with Crippen molar-refractivity contribution >= 4 is 5.96 Å². The predicted molar refractivity (Wildman–Crippen MR) is 121 cm³/mol. The molecule has 9 nitrogen and oxygen atoms in total. The zero-order valence-corrected chi connectivity index (χ0v) is 18.8. The van der Waals surface area contributed by atoms with Gasteiger partial charge in [0.1, 0.15) is 18.0 Å². The molecule has 1 aromatic heterocycles. The van der Waals surface area contributed by atoms with E-state index < -0.39 is 5.60 Å². The number of hydrogen-bond acceptors (Lipinski definition) is 6. The number of aliphatic hydroxyl groups is 1. The highest BCUT2D eigenvalue weighted by atomic mass is 16.5. The van der Waals surface area contributed by atoms with Crippen LogP contribution in [0, 0.1) is 6.92 Å². The summed E-state index contributed by atoms with van der Waals surface area (Å²) in [5.74, 6) is 2.30. The Morgan fingerprint density at radius 1 is 1.19 bits per heavy atom. The highest BCUT2D eigenvalue weighted by molar-refractivity contribution is 5.79. The lowest BCUT2D eigenvalue weighted by atomic mass is 9.96. The molecule has 3 rings (SSSR count). The third-order valence-corrected chi connectivity index (χ3v) is 5.60. The minimum atomic E-state index is -1.02. The number of aliphatic imine (C=N–C) groups is 1. The van der Waals surface area contributed by atoms with Crippen molar-refractivity contribution in [2.24, 2.45) is 12.0 Å². The van der Waals surface area contributed by atoms with E-state index in [1.54, 1.807) is 6.92 Å². The van der Waals surface area contributed by atoms with Crippen LogP contribution in [-0.2, 0) is 23.9 Å². The molecule has 1 aliphatic rings. The van der Waals surface area contributed by atoms with Crippen molar-refractivity contribution in [2.75, 3.05) is 45.9 Å². The molecule has 3 N–H and O–H groups in total. The van der Waals surface area contributed by atoms with Crippen molar-refractivity contribution in [1.29, 1.82) is 0 Å². The molecule has 0 amide bonds. The maximum atomic E-state index is 10.9.